The summed E-state index contributed by atoms with van der Waals surface area (Å²) < 4.78 is 12.1. The van der Waals surface area contributed by atoms with Crippen LogP contribution in [0.15, 0.2) is 84.9 Å². The Morgan fingerprint density at radius 3 is 1.25 bits per heavy atom. The zero-order valence-electron chi connectivity index (χ0n) is 20.9. The van der Waals surface area contributed by atoms with Crippen molar-refractivity contribution in [2.24, 2.45) is 11.8 Å². The summed E-state index contributed by atoms with van der Waals surface area (Å²) in [6.45, 7) is 7.42. The van der Waals surface area contributed by atoms with E-state index in [1.807, 2.05) is 113 Å². The first-order valence-corrected chi connectivity index (χ1v) is 12.0. The van der Waals surface area contributed by atoms with Gasteiger partial charge >= 0.3 is 0 Å². The molecule has 0 radical (unpaired) electrons. The number of fused-ring (bicyclic) bond motifs is 1. The lowest BCUT2D eigenvalue weighted by Crippen LogP contribution is -2.17. The molecule has 2 amide bonds. The number of nitrogens with one attached hydrogen (secondary N) is 2. The number of carbonyl (C=O) groups excluding carboxylic acids is 2. The number of hydrogen-bond donors (Lipinski definition) is 2. The number of hydrogen-bond acceptors (Lipinski definition) is 4. The highest BCUT2D eigenvalue weighted by atomic mass is 16.5. The maximum atomic E-state index is 11.9. The molecule has 0 atom stereocenters. The Balaban J connectivity index is 1.43. The molecule has 6 nitrogen and oxygen atoms in total. The second-order valence-electron chi connectivity index (χ2n) is 9.21. The Kier molecular flexibility index (Phi) is 7.54. The van der Waals surface area contributed by atoms with Crippen molar-refractivity contribution in [2.75, 3.05) is 10.6 Å². The van der Waals surface area contributed by atoms with E-state index >= 15 is 0 Å². The van der Waals surface area contributed by atoms with Gasteiger partial charge in [0.15, 0.2) is 0 Å². The predicted molar refractivity (Wildman–Crippen MR) is 144 cm³/mol. The summed E-state index contributed by atoms with van der Waals surface area (Å²) in [5.41, 5.74) is 1.47. The fourth-order valence-corrected chi connectivity index (χ4v) is 3.39. The monoisotopic (exact) mass is 482 g/mol. The highest BCUT2D eigenvalue weighted by Gasteiger charge is 2.09. The van der Waals surface area contributed by atoms with Crippen LogP contribution in [0, 0.1) is 11.8 Å². The standard InChI is InChI=1S/C30H30N2O4/c1-19(2)29(33)31-23-7-13-25(14-8-23)35-27-11-5-21-6-12-28(18-22(21)17-27)36-26-15-9-24(10-16-26)32-30(34)20(3)4/h5-20H,1-4H3,(H,31,33)(H,32,34). The van der Waals surface area contributed by atoms with Crippen LogP contribution in [0.2, 0.25) is 0 Å². The normalized spacial score (nSPS) is 10.9. The fourth-order valence-electron chi connectivity index (χ4n) is 3.39. The molecular weight excluding hydrogens is 452 g/mol. The summed E-state index contributed by atoms with van der Waals surface area (Å²) in [6, 6.07) is 26.3. The minimum absolute atomic E-state index is 0.0231. The smallest absolute Gasteiger partial charge is 0.226 e. The van der Waals surface area contributed by atoms with Crippen molar-refractivity contribution in [3.63, 3.8) is 0 Å². The van der Waals surface area contributed by atoms with E-state index in [4.69, 9.17) is 9.47 Å². The van der Waals surface area contributed by atoms with Crippen molar-refractivity contribution >= 4 is 34.0 Å². The first-order chi connectivity index (χ1) is 17.3. The molecule has 0 aliphatic carbocycles. The summed E-state index contributed by atoms with van der Waals surface area (Å²) in [4.78, 5) is 23.7. The van der Waals surface area contributed by atoms with Crippen molar-refractivity contribution in [3.8, 4) is 23.0 Å². The van der Waals surface area contributed by atoms with Crippen molar-refractivity contribution in [1.82, 2.24) is 0 Å². The topological polar surface area (TPSA) is 76.7 Å². The first kappa shape index (κ1) is 24.8. The highest BCUT2D eigenvalue weighted by Crippen LogP contribution is 2.31. The first-order valence-electron chi connectivity index (χ1n) is 12.0. The molecule has 0 aliphatic rings. The van der Waals surface area contributed by atoms with Crippen LogP contribution >= 0.6 is 0 Å². The van der Waals surface area contributed by atoms with Gasteiger partial charge < -0.3 is 20.1 Å². The third-order valence-electron chi connectivity index (χ3n) is 5.55. The molecule has 6 heteroatoms. The SMILES string of the molecule is CC(C)C(=O)Nc1ccc(Oc2ccc3ccc(Oc4ccc(NC(=O)C(C)C)cc4)cc3c2)cc1. The van der Waals surface area contributed by atoms with E-state index in [2.05, 4.69) is 10.6 Å². The van der Waals surface area contributed by atoms with E-state index in [9.17, 15) is 9.59 Å². The van der Waals surface area contributed by atoms with Crippen LogP contribution in [-0.2, 0) is 9.59 Å². The lowest BCUT2D eigenvalue weighted by molar-refractivity contribution is -0.119. The van der Waals surface area contributed by atoms with Crippen molar-refractivity contribution < 1.29 is 19.1 Å². The van der Waals surface area contributed by atoms with Crippen LogP contribution in [0.25, 0.3) is 10.8 Å². The Morgan fingerprint density at radius 2 is 0.889 bits per heavy atom. The molecule has 0 fully saturated rings. The summed E-state index contributed by atoms with van der Waals surface area (Å²) in [5.74, 6) is 2.54. The molecule has 0 spiro atoms. The molecule has 0 unspecified atom stereocenters. The van der Waals surface area contributed by atoms with Gasteiger partial charge in [0, 0.05) is 23.2 Å². The Morgan fingerprint density at radius 1 is 0.528 bits per heavy atom. The average molecular weight is 483 g/mol. The minimum Gasteiger partial charge on any atom is -0.457 e. The van der Waals surface area contributed by atoms with Gasteiger partial charge in [0.05, 0.1) is 0 Å². The van der Waals surface area contributed by atoms with E-state index in [1.165, 1.54) is 0 Å². The summed E-state index contributed by atoms with van der Waals surface area (Å²) in [7, 11) is 0. The quantitative estimate of drug-likeness (QED) is 0.271. The predicted octanol–water partition coefficient (Wildman–Crippen LogP) is 7.61. The molecule has 0 saturated heterocycles. The number of ether oxygens (including phenoxy) is 2. The molecule has 4 aromatic carbocycles. The summed E-state index contributed by atoms with van der Waals surface area (Å²) >= 11 is 0. The van der Waals surface area contributed by atoms with Crippen LogP contribution < -0.4 is 20.1 Å². The van der Waals surface area contributed by atoms with Gasteiger partial charge in [0.2, 0.25) is 11.8 Å². The third kappa shape index (κ3) is 6.42. The molecule has 4 rings (SSSR count). The Bertz CT molecular complexity index is 1260. The second kappa shape index (κ2) is 11.0. The van der Waals surface area contributed by atoms with Gasteiger partial charge in [0.25, 0.3) is 0 Å². The van der Waals surface area contributed by atoms with Gasteiger partial charge in [0.1, 0.15) is 23.0 Å². The van der Waals surface area contributed by atoms with Gasteiger partial charge in [-0.15, -0.1) is 0 Å². The van der Waals surface area contributed by atoms with Gasteiger partial charge in [-0.3, -0.25) is 9.59 Å². The van der Waals surface area contributed by atoms with Crippen molar-refractivity contribution in [2.45, 2.75) is 27.7 Å². The zero-order valence-corrected chi connectivity index (χ0v) is 20.9. The van der Waals surface area contributed by atoms with E-state index < -0.39 is 0 Å². The highest BCUT2D eigenvalue weighted by molar-refractivity contribution is 5.92. The number of anilines is 2. The second-order valence-corrected chi connectivity index (χ2v) is 9.21. The number of carbonyl (C=O) groups is 2. The van der Waals surface area contributed by atoms with Crippen molar-refractivity contribution in [1.29, 1.82) is 0 Å². The maximum absolute atomic E-state index is 11.9. The molecule has 0 aliphatic heterocycles. The van der Waals surface area contributed by atoms with Crippen LogP contribution in [0.3, 0.4) is 0 Å². The third-order valence-corrected chi connectivity index (χ3v) is 5.55. The molecule has 0 aromatic heterocycles. The molecule has 0 bridgehead atoms. The van der Waals surface area contributed by atoms with E-state index in [1.54, 1.807) is 0 Å². The lowest BCUT2D eigenvalue weighted by atomic mass is 10.1. The molecule has 36 heavy (non-hydrogen) atoms. The van der Waals surface area contributed by atoms with Gasteiger partial charge in [-0.1, -0.05) is 39.8 Å². The number of benzene rings is 4. The molecule has 0 saturated carbocycles. The fraction of sp³-hybridized carbons (Fsp3) is 0.200. The van der Waals surface area contributed by atoms with E-state index in [0.29, 0.717) is 23.0 Å². The minimum atomic E-state index is -0.0795. The zero-order chi connectivity index (χ0) is 25.7. The van der Waals surface area contributed by atoms with Crippen LogP contribution in [0.4, 0.5) is 11.4 Å². The molecule has 2 N–H and O–H groups in total. The molecule has 0 heterocycles. The van der Waals surface area contributed by atoms with E-state index in [0.717, 1.165) is 22.1 Å². The Labute approximate surface area is 211 Å². The summed E-state index contributed by atoms with van der Waals surface area (Å²) in [5, 5.41) is 7.78. The average Bonchev–Trinajstić information content (AvgIpc) is 2.86. The van der Waals surface area contributed by atoms with Crippen LogP contribution in [-0.4, -0.2) is 11.8 Å². The van der Waals surface area contributed by atoms with Gasteiger partial charge in [-0.05, 0) is 83.6 Å². The van der Waals surface area contributed by atoms with E-state index in [-0.39, 0.29) is 23.7 Å². The maximum Gasteiger partial charge on any atom is 0.226 e. The molecule has 184 valence electrons. The molecule has 4 aromatic rings. The van der Waals surface area contributed by atoms with Crippen LogP contribution in [0.5, 0.6) is 23.0 Å². The van der Waals surface area contributed by atoms with Crippen molar-refractivity contribution in [3.05, 3.63) is 84.9 Å². The number of amides is 2. The number of rotatable bonds is 8. The van der Waals surface area contributed by atoms with Crippen LogP contribution in [0.1, 0.15) is 27.7 Å². The largest absolute Gasteiger partial charge is 0.457 e. The summed E-state index contributed by atoms with van der Waals surface area (Å²) in [6.07, 6.45) is 0. The van der Waals surface area contributed by atoms with Gasteiger partial charge in [-0.2, -0.15) is 0 Å². The Hall–Kier alpha value is -4.32. The lowest BCUT2D eigenvalue weighted by Gasteiger charge is -2.11. The molecular formula is C30H30N2O4. The van der Waals surface area contributed by atoms with Gasteiger partial charge in [-0.25, -0.2) is 0 Å².